The number of fused-ring (bicyclic) bond motifs is 2. The van der Waals surface area contributed by atoms with Gasteiger partial charge in [-0.3, -0.25) is 0 Å². The Labute approximate surface area is 459 Å². The van der Waals surface area contributed by atoms with Crippen LogP contribution in [0.4, 0.5) is 0 Å². The summed E-state index contributed by atoms with van der Waals surface area (Å²) in [7, 11) is 0. The van der Waals surface area contributed by atoms with Crippen molar-refractivity contribution in [3.05, 3.63) is 120 Å². The monoisotopic (exact) mass is 1030 g/mol. The van der Waals surface area contributed by atoms with Gasteiger partial charge in [0.2, 0.25) is 0 Å². The van der Waals surface area contributed by atoms with Gasteiger partial charge in [-0.25, -0.2) is 0 Å². The van der Waals surface area contributed by atoms with Crippen LogP contribution in [0.15, 0.2) is 109 Å². The van der Waals surface area contributed by atoms with Gasteiger partial charge in [0.15, 0.2) is 0 Å². The van der Waals surface area contributed by atoms with E-state index in [2.05, 4.69) is 123 Å². The van der Waals surface area contributed by atoms with E-state index >= 15 is 0 Å². The predicted molar refractivity (Wildman–Crippen MR) is 319 cm³/mol. The lowest BCUT2D eigenvalue weighted by Crippen LogP contribution is -2.13. The van der Waals surface area contributed by atoms with Crippen LogP contribution in [-0.4, -0.2) is 39.6 Å². The molecule has 2 saturated carbocycles. The molecular formula is C70H94O6. The molecule has 0 amide bonds. The van der Waals surface area contributed by atoms with Gasteiger partial charge >= 0.3 is 0 Å². The van der Waals surface area contributed by atoms with Crippen molar-refractivity contribution < 1.29 is 28.4 Å². The fraction of sp³-hybridized carbons (Fsp3) is 0.543. The Bertz CT molecular complexity index is 2400. The third-order valence-electron chi connectivity index (χ3n) is 16.7. The summed E-state index contributed by atoms with van der Waals surface area (Å²) in [4.78, 5) is 0. The number of rotatable bonds is 33. The van der Waals surface area contributed by atoms with Crippen LogP contribution >= 0.6 is 0 Å². The summed E-state index contributed by atoms with van der Waals surface area (Å²) in [6.45, 7) is 12.7. The van der Waals surface area contributed by atoms with Crippen LogP contribution in [0.3, 0.4) is 0 Å². The molecular weight excluding hydrogens is 937 g/mol. The van der Waals surface area contributed by atoms with Gasteiger partial charge in [-0.1, -0.05) is 102 Å². The number of benzene rings is 6. The summed E-state index contributed by atoms with van der Waals surface area (Å²) < 4.78 is 37.7. The molecule has 0 N–H and O–H groups in total. The second-order valence-corrected chi connectivity index (χ2v) is 22.3. The fourth-order valence-electron chi connectivity index (χ4n) is 12.3. The molecule has 0 bridgehead atoms. The second kappa shape index (κ2) is 31.1. The third kappa shape index (κ3) is 16.8. The van der Waals surface area contributed by atoms with E-state index in [1.165, 1.54) is 114 Å². The molecule has 0 unspecified atom stereocenters. The maximum atomic E-state index is 6.36. The lowest BCUT2D eigenvalue weighted by molar-refractivity contribution is 0.287. The van der Waals surface area contributed by atoms with Gasteiger partial charge in [0.05, 0.1) is 39.6 Å². The molecule has 76 heavy (non-hydrogen) atoms. The average molecular weight is 1030 g/mol. The highest BCUT2D eigenvalue weighted by Crippen LogP contribution is 2.47. The maximum absolute atomic E-state index is 6.36. The summed E-state index contributed by atoms with van der Waals surface area (Å²) in [6.07, 6.45) is 30.6. The Morgan fingerprint density at radius 2 is 0.684 bits per heavy atom. The Hall–Kier alpha value is -5.36. The quantitative estimate of drug-likeness (QED) is 0.0383. The van der Waals surface area contributed by atoms with E-state index in [-0.39, 0.29) is 0 Å². The molecule has 2 fully saturated rings. The zero-order valence-corrected chi connectivity index (χ0v) is 47.4. The van der Waals surface area contributed by atoms with Crippen molar-refractivity contribution >= 4 is 21.5 Å². The Morgan fingerprint density at radius 3 is 1.04 bits per heavy atom. The van der Waals surface area contributed by atoms with Gasteiger partial charge in [0.1, 0.15) is 34.5 Å². The Morgan fingerprint density at radius 1 is 0.329 bits per heavy atom. The van der Waals surface area contributed by atoms with Crippen molar-refractivity contribution in [2.45, 2.75) is 194 Å². The standard InChI is InChI=1S/C70H94O6/c1-5-9-15-21-53-23-27-55(28-24-53)57-31-37-61(38-32-57)73-47-17-11-13-19-49-75-63-41-43-65-59(51-63)35-45-67(71-7-3)69(65)70-66-44-42-64(52-60(66)36-46-68(70)72-8-4)76-50-20-14-12-18-48-74-62-39-33-58(34-40-62)56-29-25-54(26-30-56)22-16-10-6-2/h31-46,51-56H,5-30,47-50H2,1-4H3. The molecule has 0 radical (unpaired) electrons. The van der Waals surface area contributed by atoms with Crippen molar-refractivity contribution in [3.63, 3.8) is 0 Å². The molecule has 6 aromatic carbocycles. The molecule has 2 aliphatic carbocycles. The molecule has 2 aliphatic rings. The van der Waals surface area contributed by atoms with Crippen molar-refractivity contribution in [1.29, 1.82) is 0 Å². The lowest BCUT2D eigenvalue weighted by Gasteiger charge is -2.29. The van der Waals surface area contributed by atoms with Crippen LogP contribution in [0.25, 0.3) is 32.7 Å². The van der Waals surface area contributed by atoms with Crippen LogP contribution in [0, 0.1) is 11.8 Å². The van der Waals surface area contributed by atoms with Gasteiger partial charge in [-0.05, 0) is 246 Å². The van der Waals surface area contributed by atoms with Gasteiger partial charge in [-0.2, -0.15) is 0 Å². The average Bonchev–Trinajstić information content (AvgIpc) is 3.48. The molecule has 0 spiro atoms. The predicted octanol–water partition coefficient (Wildman–Crippen LogP) is 20.2. The molecule has 410 valence electrons. The van der Waals surface area contributed by atoms with E-state index in [4.69, 9.17) is 28.4 Å². The minimum Gasteiger partial charge on any atom is -0.494 e. The number of unbranched alkanes of at least 4 members (excludes halogenated alkanes) is 10. The Balaban J connectivity index is 0.766. The van der Waals surface area contributed by atoms with Gasteiger partial charge in [0.25, 0.3) is 0 Å². The molecule has 0 saturated heterocycles. The number of hydrogen-bond acceptors (Lipinski definition) is 6. The fourth-order valence-corrected chi connectivity index (χ4v) is 12.3. The minimum atomic E-state index is 0.562. The zero-order valence-electron chi connectivity index (χ0n) is 47.4. The maximum Gasteiger partial charge on any atom is 0.127 e. The van der Waals surface area contributed by atoms with Crippen LogP contribution in [0.2, 0.25) is 0 Å². The molecule has 0 atom stereocenters. The number of hydrogen-bond donors (Lipinski definition) is 0. The normalized spacial score (nSPS) is 17.7. The zero-order chi connectivity index (χ0) is 52.6. The Kier molecular flexibility index (Phi) is 23.3. The van der Waals surface area contributed by atoms with Gasteiger partial charge < -0.3 is 28.4 Å². The van der Waals surface area contributed by atoms with Gasteiger partial charge in [0, 0.05) is 11.1 Å². The van der Waals surface area contributed by atoms with Crippen molar-refractivity contribution in [3.8, 4) is 45.6 Å². The van der Waals surface area contributed by atoms with E-state index < -0.39 is 0 Å². The van der Waals surface area contributed by atoms with E-state index in [1.807, 2.05) is 13.8 Å². The molecule has 0 aliphatic heterocycles. The van der Waals surface area contributed by atoms with Crippen LogP contribution in [0.1, 0.15) is 205 Å². The summed E-state index contributed by atoms with van der Waals surface area (Å²) in [5.41, 5.74) is 5.06. The summed E-state index contributed by atoms with van der Waals surface area (Å²) in [6, 6.07) is 39.4. The molecule has 6 aromatic rings. The van der Waals surface area contributed by atoms with Crippen molar-refractivity contribution in [2.24, 2.45) is 11.8 Å². The first-order valence-electron chi connectivity index (χ1n) is 30.6. The first kappa shape index (κ1) is 56.8. The molecule has 6 nitrogen and oxygen atoms in total. The van der Waals surface area contributed by atoms with E-state index in [9.17, 15) is 0 Å². The topological polar surface area (TPSA) is 55.4 Å². The molecule has 6 heteroatoms. The lowest BCUT2D eigenvalue weighted by atomic mass is 9.77. The smallest absolute Gasteiger partial charge is 0.127 e. The third-order valence-corrected chi connectivity index (χ3v) is 16.7. The minimum absolute atomic E-state index is 0.562. The van der Waals surface area contributed by atoms with Crippen molar-refractivity contribution in [1.82, 2.24) is 0 Å². The highest BCUT2D eigenvalue weighted by Gasteiger charge is 2.24. The van der Waals surface area contributed by atoms with Crippen molar-refractivity contribution in [2.75, 3.05) is 39.6 Å². The van der Waals surface area contributed by atoms with Crippen LogP contribution in [-0.2, 0) is 0 Å². The first-order chi connectivity index (χ1) is 37.5. The molecule has 0 aromatic heterocycles. The van der Waals surface area contributed by atoms with Gasteiger partial charge in [-0.15, -0.1) is 0 Å². The summed E-state index contributed by atoms with van der Waals surface area (Å²) in [5.74, 6) is 8.77. The largest absolute Gasteiger partial charge is 0.494 e. The second-order valence-electron chi connectivity index (χ2n) is 22.3. The first-order valence-corrected chi connectivity index (χ1v) is 30.6. The summed E-state index contributed by atoms with van der Waals surface area (Å²) in [5, 5.41) is 4.41. The number of ether oxygens (including phenoxy) is 6. The molecule has 8 rings (SSSR count). The summed E-state index contributed by atoms with van der Waals surface area (Å²) >= 11 is 0. The highest BCUT2D eigenvalue weighted by atomic mass is 16.5. The molecule has 0 heterocycles. The SMILES string of the molecule is CCCCCC1CCC(c2ccc(OCCCCCCOc3ccc4c(-c5c(OCC)ccc6cc(OCCCCCCOc7ccc(C8CCC(CCCCC)CC8)cc7)ccc56)c(OCC)ccc4c3)cc2)CC1. The van der Waals surface area contributed by atoms with E-state index in [1.54, 1.807) is 0 Å². The van der Waals surface area contributed by atoms with Crippen LogP contribution < -0.4 is 28.4 Å². The van der Waals surface area contributed by atoms with E-state index in [0.717, 1.165) is 155 Å². The van der Waals surface area contributed by atoms with Crippen LogP contribution in [0.5, 0.6) is 34.5 Å². The van der Waals surface area contributed by atoms with E-state index in [0.29, 0.717) is 26.4 Å². The highest BCUT2D eigenvalue weighted by molar-refractivity contribution is 6.10.